The molecule has 38 heavy (non-hydrogen) atoms. The van der Waals surface area contributed by atoms with Crippen molar-refractivity contribution in [1.82, 2.24) is 20.2 Å². The number of aromatic amines is 2. The Morgan fingerprint density at radius 2 is 1.89 bits per heavy atom. The second-order valence-electron chi connectivity index (χ2n) is 9.44. The number of hydrogen-bond acceptors (Lipinski definition) is 5. The first-order chi connectivity index (χ1) is 18.5. The minimum atomic E-state index is -0.209. The molecule has 8 heteroatoms. The van der Waals surface area contributed by atoms with Gasteiger partial charge in [0.1, 0.15) is 18.1 Å². The van der Waals surface area contributed by atoms with Gasteiger partial charge < -0.3 is 20.6 Å². The fraction of sp³-hybridized carbons (Fsp3) is 0.133. The zero-order valence-electron chi connectivity index (χ0n) is 20.7. The highest BCUT2D eigenvalue weighted by Gasteiger charge is 2.17. The SMILES string of the molecule is Cc1[nH]nc2ccc(-c3cc(OC[C@H](N)Cc4c[nH]c5ccccc45)cnc3-c3cc(Cl)ccc3O)cc12. The summed E-state index contributed by atoms with van der Waals surface area (Å²) in [5.74, 6) is 0.682. The van der Waals surface area contributed by atoms with Gasteiger partial charge in [-0.3, -0.25) is 10.1 Å². The molecule has 0 radical (unpaired) electrons. The third-order valence-electron chi connectivity index (χ3n) is 6.75. The number of benzene rings is 3. The number of para-hydroxylation sites is 1. The summed E-state index contributed by atoms with van der Waals surface area (Å²) in [7, 11) is 0. The monoisotopic (exact) mass is 523 g/mol. The average molecular weight is 524 g/mol. The van der Waals surface area contributed by atoms with Crippen LogP contribution in [-0.2, 0) is 6.42 Å². The van der Waals surface area contributed by atoms with Gasteiger partial charge in [0.2, 0.25) is 0 Å². The van der Waals surface area contributed by atoms with E-state index < -0.39 is 0 Å². The number of ether oxygens (including phenoxy) is 1. The third kappa shape index (κ3) is 4.58. The molecule has 0 amide bonds. The van der Waals surface area contributed by atoms with Gasteiger partial charge in [-0.1, -0.05) is 35.9 Å². The summed E-state index contributed by atoms with van der Waals surface area (Å²) in [5.41, 5.74) is 13.4. The van der Waals surface area contributed by atoms with Gasteiger partial charge in [-0.15, -0.1) is 0 Å². The van der Waals surface area contributed by atoms with Gasteiger partial charge in [0.05, 0.1) is 17.4 Å². The normalized spacial score (nSPS) is 12.3. The highest BCUT2D eigenvalue weighted by atomic mass is 35.5. The van der Waals surface area contributed by atoms with Crippen LogP contribution in [0.4, 0.5) is 0 Å². The number of aromatic hydroxyl groups is 1. The Morgan fingerprint density at radius 1 is 1.03 bits per heavy atom. The first-order valence-corrected chi connectivity index (χ1v) is 12.7. The van der Waals surface area contributed by atoms with E-state index >= 15 is 0 Å². The Bertz CT molecular complexity index is 1770. The van der Waals surface area contributed by atoms with E-state index in [9.17, 15) is 5.11 Å². The summed E-state index contributed by atoms with van der Waals surface area (Å²) in [5, 5.41) is 20.7. The Kier molecular flexibility index (Phi) is 6.23. The van der Waals surface area contributed by atoms with Gasteiger partial charge in [0, 0.05) is 50.4 Å². The van der Waals surface area contributed by atoms with Crippen LogP contribution in [0.5, 0.6) is 11.5 Å². The standard InChI is InChI=1S/C30H26ClN5O2/c1-17-24-11-18(6-8-28(24)36-35-17)25-13-22(15-34-30(25)26-12-20(31)7-9-29(26)37)38-16-21(32)10-19-14-33-27-5-3-2-4-23(19)27/h2-9,11-15,21,33,37H,10,16,32H2,1H3,(H,35,36)/t21-/m1/s1. The van der Waals surface area contributed by atoms with Crippen LogP contribution < -0.4 is 10.5 Å². The molecule has 1 atom stereocenters. The van der Waals surface area contributed by atoms with Crippen molar-refractivity contribution in [2.45, 2.75) is 19.4 Å². The van der Waals surface area contributed by atoms with Crippen molar-refractivity contribution in [3.8, 4) is 33.9 Å². The zero-order valence-corrected chi connectivity index (χ0v) is 21.5. The number of nitrogens with one attached hydrogen (secondary N) is 2. The number of aromatic nitrogens is 4. The van der Waals surface area contributed by atoms with Crippen LogP contribution in [0.1, 0.15) is 11.3 Å². The lowest BCUT2D eigenvalue weighted by atomic mass is 9.97. The molecule has 0 aliphatic heterocycles. The Labute approximate surface area is 224 Å². The van der Waals surface area contributed by atoms with Gasteiger partial charge in [0.15, 0.2) is 0 Å². The van der Waals surface area contributed by atoms with E-state index in [0.29, 0.717) is 35.1 Å². The van der Waals surface area contributed by atoms with E-state index in [2.05, 4.69) is 33.4 Å². The lowest BCUT2D eigenvalue weighted by Gasteiger charge is -2.16. The molecule has 3 aromatic carbocycles. The number of H-pyrrole nitrogens is 2. The van der Waals surface area contributed by atoms with E-state index in [1.807, 2.05) is 43.5 Å². The van der Waals surface area contributed by atoms with Crippen molar-refractivity contribution < 1.29 is 9.84 Å². The summed E-state index contributed by atoms with van der Waals surface area (Å²) in [4.78, 5) is 7.99. The number of fused-ring (bicyclic) bond motifs is 2. The molecule has 0 spiro atoms. The molecular weight excluding hydrogens is 498 g/mol. The fourth-order valence-corrected chi connectivity index (χ4v) is 4.98. The molecule has 190 valence electrons. The molecular formula is C30H26ClN5O2. The van der Waals surface area contributed by atoms with Gasteiger partial charge in [-0.2, -0.15) is 5.10 Å². The second-order valence-corrected chi connectivity index (χ2v) is 9.88. The number of rotatable bonds is 7. The predicted octanol–water partition coefficient (Wildman–Crippen LogP) is 6.39. The molecule has 3 heterocycles. The van der Waals surface area contributed by atoms with E-state index in [-0.39, 0.29) is 11.8 Å². The lowest BCUT2D eigenvalue weighted by Crippen LogP contribution is -2.30. The van der Waals surface area contributed by atoms with E-state index in [0.717, 1.165) is 38.8 Å². The summed E-state index contributed by atoms with van der Waals surface area (Å²) in [6, 6.07) is 20.8. The van der Waals surface area contributed by atoms with Gasteiger partial charge >= 0.3 is 0 Å². The van der Waals surface area contributed by atoms with E-state index in [1.165, 1.54) is 5.39 Å². The minimum Gasteiger partial charge on any atom is -0.507 e. The molecule has 0 aliphatic carbocycles. The summed E-state index contributed by atoms with van der Waals surface area (Å²) in [6.07, 6.45) is 4.33. The third-order valence-corrected chi connectivity index (χ3v) is 6.99. The van der Waals surface area contributed by atoms with Crippen molar-refractivity contribution >= 4 is 33.4 Å². The molecule has 6 rings (SSSR count). The van der Waals surface area contributed by atoms with Crippen LogP contribution in [0.2, 0.25) is 5.02 Å². The number of halogens is 1. The number of nitrogens with two attached hydrogens (primary N) is 1. The largest absolute Gasteiger partial charge is 0.507 e. The highest BCUT2D eigenvalue weighted by Crippen LogP contribution is 2.39. The highest BCUT2D eigenvalue weighted by molar-refractivity contribution is 6.31. The smallest absolute Gasteiger partial charge is 0.138 e. The number of hydrogen-bond donors (Lipinski definition) is 4. The number of phenols is 1. The van der Waals surface area contributed by atoms with Crippen molar-refractivity contribution in [2.24, 2.45) is 5.73 Å². The Morgan fingerprint density at radius 3 is 2.79 bits per heavy atom. The summed E-state index contributed by atoms with van der Waals surface area (Å²) in [6.45, 7) is 2.30. The van der Waals surface area contributed by atoms with Crippen LogP contribution >= 0.6 is 11.6 Å². The maximum absolute atomic E-state index is 10.6. The molecule has 0 unspecified atom stereocenters. The maximum atomic E-state index is 10.6. The van der Waals surface area contributed by atoms with E-state index in [1.54, 1.807) is 24.4 Å². The molecule has 0 aliphatic rings. The van der Waals surface area contributed by atoms with Gasteiger partial charge in [-0.25, -0.2) is 0 Å². The Hall–Kier alpha value is -4.33. The Balaban J connectivity index is 1.32. The van der Waals surface area contributed by atoms with Crippen LogP contribution in [0, 0.1) is 6.92 Å². The van der Waals surface area contributed by atoms with Crippen LogP contribution in [0.3, 0.4) is 0 Å². The van der Waals surface area contributed by atoms with Crippen LogP contribution in [0.15, 0.2) is 79.1 Å². The molecule has 0 saturated heterocycles. The topological polar surface area (TPSA) is 113 Å². The molecule has 3 aromatic heterocycles. The first-order valence-electron chi connectivity index (χ1n) is 12.3. The van der Waals surface area contributed by atoms with E-state index in [4.69, 9.17) is 27.1 Å². The molecule has 0 fully saturated rings. The fourth-order valence-electron chi connectivity index (χ4n) is 4.81. The number of phenolic OH excluding ortho intramolecular Hbond substituents is 1. The molecule has 5 N–H and O–H groups in total. The van der Waals surface area contributed by atoms with Gasteiger partial charge in [0.25, 0.3) is 0 Å². The molecule has 0 bridgehead atoms. The minimum absolute atomic E-state index is 0.0955. The molecule has 6 aromatic rings. The van der Waals surface area contributed by atoms with Crippen LogP contribution in [0.25, 0.3) is 44.2 Å². The van der Waals surface area contributed by atoms with Gasteiger partial charge in [-0.05, 0) is 66.9 Å². The maximum Gasteiger partial charge on any atom is 0.138 e. The average Bonchev–Trinajstić information content (AvgIpc) is 3.51. The van der Waals surface area contributed by atoms with Crippen LogP contribution in [-0.4, -0.2) is 37.9 Å². The number of nitrogens with zero attached hydrogens (tertiary/aromatic N) is 2. The summed E-state index contributed by atoms with van der Waals surface area (Å²) < 4.78 is 6.13. The summed E-state index contributed by atoms with van der Waals surface area (Å²) >= 11 is 6.27. The second kappa shape index (κ2) is 9.85. The van der Waals surface area contributed by atoms with Crippen molar-refractivity contribution in [3.05, 3.63) is 95.4 Å². The quantitative estimate of drug-likeness (QED) is 0.194. The zero-order chi connectivity index (χ0) is 26.2. The number of aryl methyl sites for hydroxylation is 1. The predicted molar refractivity (Wildman–Crippen MR) is 152 cm³/mol. The molecule has 0 saturated carbocycles. The van der Waals surface area contributed by atoms with Crippen molar-refractivity contribution in [1.29, 1.82) is 0 Å². The lowest BCUT2D eigenvalue weighted by molar-refractivity contribution is 0.287. The number of pyridine rings is 1. The van der Waals surface area contributed by atoms with Crippen molar-refractivity contribution in [2.75, 3.05) is 6.61 Å². The first kappa shape index (κ1) is 24.0. The van der Waals surface area contributed by atoms with Crippen molar-refractivity contribution in [3.63, 3.8) is 0 Å². The molecule has 7 nitrogen and oxygen atoms in total.